The zero-order valence-corrected chi connectivity index (χ0v) is 20.8. The van der Waals surface area contributed by atoms with Gasteiger partial charge in [0.15, 0.2) is 5.96 Å². The van der Waals surface area contributed by atoms with Crippen LogP contribution < -0.4 is 10.6 Å². The molecule has 3 rings (SSSR count). The molecule has 2 aliphatic rings. The van der Waals surface area contributed by atoms with Crippen molar-refractivity contribution in [1.29, 1.82) is 0 Å². The highest BCUT2D eigenvalue weighted by molar-refractivity contribution is 14.0. The summed E-state index contributed by atoms with van der Waals surface area (Å²) in [5.74, 6) is 0.887. The highest BCUT2D eigenvalue weighted by Crippen LogP contribution is 2.16. The molecule has 0 aromatic heterocycles. The van der Waals surface area contributed by atoms with Gasteiger partial charge in [-0.1, -0.05) is 28.1 Å². The van der Waals surface area contributed by atoms with Gasteiger partial charge in [-0.3, -0.25) is 9.89 Å². The second-order valence-corrected chi connectivity index (χ2v) is 8.45. The molecule has 1 unspecified atom stereocenters. The summed E-state index contributed by atoms with van der Waals surface area (Å²) in [6, 6.07) is 9.11. The van der Waals surface area contributed by atoms with Gasteiger partial charge in [-0.25, -0.2) is 0 Å². The Balaban J connectivity index is 0.00000280. The predicted octanol–water partition coefficient (Wildman–Crippen LogP) is 2.53. The minimum Gasteiger partial charge on any atom is -0.374 e. The number of nitrogens with one attached hydrogen (secondary N) is 2. The summed E-state index contributed by atoms with van der Waals surface area (Å²) in [6.07, 6.45) is 2.51. The molecule has 1 aromatic rings. The molecule has 28 heavy (non-hydrogen) atoms. The fourth-order valence-electron chi connectivity index (χ4n) is 3.67. The Morgan fingerprint density at radius 1 is 1.21 bits per heavy atom. The van der Waals surface area contributed by atoms with Gasteiger partial charge in [-0.05, 0) is 37.6 Å². The molecule has 1 atom stereocenters. The summed E-state index contributed by atoms with van der Waals surface area (Å²) < 4.78 is 6.95. The predicted molar refractivity (Wildman–Crippen MR) is 130 cm³/mol. The maximum Gasteiger partial charge on any atom is 0.191 e. The molecule has 2 fully saturated rings. The van der Waals surface area contributed by atoms with E-state index < -0.39 is 0 Å². The van der Waals surface area contributed by atoms with Gasteiger partial charge in [0, 0.05) is 56.8 Å². The van der Waals surface area contributed by atoms with Crippen LogP contribution in [0.15, 0.2) is 33.7 Å². The van der Waals surface area contributed by atoms with E-state index in [-0.39, 0.29) is 30.1 Å². The monoisotopic (exact) mass is 565 g/mol. The third-order valence-corrected chi connectivity index (χ3v) is 5.84. The Labute approximate surface area is 194 Å². The van der Waals surface area contributed by atoms with E-state index in [4.69, 9.17) is 4.74 Å². The van der Waals surface area contributed by atoms with Crippen LogP contribution in [0.1, 0.15) is 18.4 Å². The van der Waals surface area contributed by atoms with Gasteiger partial charge in [0.25, 0.3) is 0 Å². The van der Waals surface area contributed by atoms with Crippen LogP contribution in [0.4, 0.5) is 0 Å². The molecule has 158 valence electrons. The SMILES string of the molecule is CN=C(NCC1CN(C)CCO1)NC1CCN(Cc2ccc(Br)cc2)CC1.I. The molecule has 0 saturated carbocycles. The Morgan fingerprint density at radius 3 is 2.57 bits per heavy atom. The lowest BCUT2D eigenvalue weighted by molar-refractivity contribution is -0.0161. The number of hydrogen-bond donors (Lipinski definition) is 2. The van der Waals surface area contributed by atoms with Crippen molar-refractivity contribution < 1.29 is 4.74 Å². The van der Waals surface area contributed by atoms with Crippen LogP contribution in [0.3, 0.4) is 0 Å². The van der Waals surface area contributed by atoms with Crippen LogP contribution in [0.5, 0.6) is 0 Å². The normalized spacial score (nSPS) is 22.5. The van der Waals surface area contributed by atoms with Crippen LogP contribution in [-0.4, -0.2) is 81.3 Å². The first kappa shape index (κ1) is 23.9. The van der Waals surface area contributed by atoms with E-state index in [1.54, 1.807) is 0 Å². The summed E-state index contributed by atoms with van der Waals surface area (Å²) in [6.45, 7) is 6.85. The Hall–Kier alpha value is -0.420. The number of benzene rings is 1. The molecule has 6 nitrogen and oxygen atoms in total. The van der Waals surface area contributed by atoms with Gasteiger partial charge in [0.1, 0.15) is 0 Å². The number of rotatable bonds is 5. The van der Waals surface area contributed by atoms with E-state index >= 15 is 0 Å². The lowest BCUT2D eigenvalue weighted by Crippen LogP contribution is -2.51. The van der Waals surface area contributed by atoms with Gasteiger partial charge in [-0.2, -0.15) is 0 Å². The van der Waals surface area contributed by atoms with Gasteiger partial charge in [0.05, 0.1) is 12.7 Å². The third-order valence-electron chi connectivity index (χ3n) is 5.31. The first-order valence-corrected chi connectivity index (χ1v) is 10.7. The Kier molecular flexibility index (Phi) is 10.5. The quantitative estimate of drug-likeness (QED) is 0.326. The van der Waals surface area contributed by atoms with Gasteiger partial charge >= 0.3 is 0 Å². The number of hydrogen-bond acceptors (Lipinski definition) is 4. The van der Waals surface area contributed by atoms with E-state index in [1.165, 1.54) is 5.56 Å². The molecule has 0 amide bonds. The smallest absolute Gasteiger partial charge is 0.191 e. The average molecular weight is 566 g/mol. The number of piperidine rings is 1. The van der Waals surface area contributed by atoms with Crippen molar-refractivity contribution in [3.8, 4) is 0 Å². The number of likely N-dealkylation sites (N-methyl/N-ethyl adjacent to an activating group) is 1. The summed E-state index contributed by atoms with van der Waals surface area (Å²) in [5, 5.41) is 7.02. The number of morpholine rings is 1. The number of likely N-dealkylation sites (tertiary alicyclic amines) is 1. The molecule has 0 spiro atoms. The van der Waals surface area contributed by atoms with Crippen molar-refractivity contribution in [1.82, 2.24) is 20.4 Å². The number of nitrogens with zero attached hydrogens (tertiary/aromatic N) is 3. The highest BCUT2D eigenvalue weighted by atomic mass is 127. The van der Waals surface area contributed by atoms with Crippen LogP contribution in [0, 0.1) is 0 Å². The fraction of sp³-hybridized carbons (Fsp3) is 0.650. The van der Waals surface area contributed by atoms with Crippen molar-refractivity contribution in [3.63, 3.8) is 0 Å². The van der Waals surface area contributed by atoms with E-state index in [0.717, 1.165) is 69.1 Å². The largest absolute Gasteiger partial charge is 0.374 e. The second-order valence-electron chi connectivity index (χ2n) is 7.53. The molecular weight excluding hydrogens is 533 g/mol. The number of halogens is 2. The van der Waals surface area contributed by atoms with Crippen LogP contribution in [0.2, 0.25) is 0 Å². The van der Waals surface area contributed by atoms with E-state index in [9.17, 15) is 0 Å². The average Bonchev–Trinajstić information content (AvgIpc) is 2.68. The third kappa shape index (κ3) is 7.78. The number of aliphatic imine (C=N–C) groups is 1. The molecule has 2 saturated heterocycles. The van der Waals surface area contributed by atoms with Gasteiger partial charge < -0.3 is 20.3 Å². The molecule has 2 N–H and O–H groups in total. The van der Waals surface area contributed by atoms with Crippen molar-refractivity contribution in [3.05, 3.63) is 34.3 Å². The molecule has 0 bridgehead atoms. The minimum absolute atomic E-state index is 0. The Bertz CT molecular complexity index is 607. The van der Waals surface area contributed by atoms with Crippen LogP contribution >= 0.6 is 39.9 Å². The second kappa shape index (κ2) is 12.3. The number of ether oxygens (including phenoxy) is 1. The van der Waals surface area contributed by atoms with Gasteiger partial charge in [0.2, 0.25) is 0 Å². The zero-order chi connectivity index (χ0) is 19.1. The van der Waals surface area contributed by atoms with Crippen LogP contribution in [-0.2, 0) is 11.3 Å². The Morgan fingerprint density at radius 2 is 1.93 bits per heavy atom. The van der Waals surface area contributed by atoms with E-state index in [1.807, 2.05) is 7.05 Å². The van der Waals surface area contributed by atoms with Crippen molar-refractivity contribution in [2.75, 3.05) is 53.4 Å². The maximum atomic E-state index is 5.81. The molecule has 1 aromatic carbocycles. The molecule has 0 radical (unpaired) electrons. The lowest BCUT2D eigenvalue weighted by Gasteiger charge is -2.34. The standard InChI is InChI=1S/C20H32BrN5O.HI/c1-22-20(23-13-19-15-25(2)11-12-27-19)24-18-7-9-26(10-8-18)14-16-3-5-17(21)6-4-16;/h3-6,18-19H,7-15H2,1-2H3,(H2,22,23,24);1H. The summed E-state index contributed by atoms with van der Waals surface area (Å²) in [5.41, 5.74) is 1.37. The first-order chi connectivity index (χ1) is 13.1. The van der Waals surface area contributed by atoms with Gasteiger partial charge in [-0.15, -0.1) is 24.0 Å². The summed E-state index contributed by atoms with van der Waals surface area (Å²) in [4.78, 5) is 9.23. The van der Waals surface area contributed by atoms with E-state index in [0.29, 0.717) is 6.04 Å². The van der Waals surface area contributed by atoms with Crippen molar-refractivity contribution in [2.24, 2.45) is 4.99 Å². The summed E-state index contributed by atoms with van der Waals surface area (Å²) in [7, 11) is 3.98. The lowest BCUT2D eigenvalue weighted by atomic mass is 10.0. The molecule has 2 heterocycles. The maximum absolute atomic E-state index is 5.81. The topological polar surface area (TPSA) is 52.1 Å². The number of guanidine groups is 1. The van der Waals surface area contributed by atoms with Crippen molar-refractivity contribution >= 4 is 45.9 Å². The summed E-state index contributed by atoms with van der Waals surface area (Å²) >= 11 is 3.50. The highest BCUT2D eigenvalue weighted by Gasteiger charge is 2.21. The van der Waals surface area contributed by atoms with Crippen LogP contribution in [0.25, 0.3) is 0 Å². The first-order valence-electron chi connectivity index (χ1n) is 9.86. The molecule has 8 heteroatoms. The van der Waals surface area contributed by atoms with E-state index in [2.05, 4.69) is 72.7 Å². The molecular formula is C20H33BrIN5O. The minimum atomic E-state index is 0. The molecule has 2 aliphatic heterocycles. The van der Waals surface area contributed by atoms with Crippen molar-refractivity contribution in [2.45, 2.75) is 31.5 Å². The molecule has 0 aliphatic carbocycles. The fourth-order valence-corrected chi connectivity index (χ4v) is 3.94. The zero-order valence-electron chi connectivity index (χ0n) is 16.9.